The van der Waals surface area contributed by atoms with Crippen molar-refractivity contribution < 1.29 is 0 Å². The molecule has 2 aliphatic carbocycles. The minimum atomic E-state index is 0.697. The smallest absolute Gasteiger partial charge is 0.0192 e. The van der Waals surface area contributed by atoms with Gasteiger partial charge in [-0.2, -0.15) is 0 Å². The quantitative estimate of drug-likeness (QED) is 0.729. The summed E-state index contributed by atoms with van der Waals surface area (Å²) in [4.78, 5) is 2.57. The van der Waals surface area contributed by atoms with E-state index in [1.807, 2.05) is 0 Å². The van der Waals surface area contributed by atoms with Crippen molar-refractivity contribution >= 4 is 0 Å². The highest BCUT2D eigenvalue weighted by Crippen LogP contribution is 2.27. The average Bonchev–Trinajstić information content (AvgIpc) is 3.21. The first-order valence-electron chi connectivity index (χ1n) is 8.16. The molecule has 0 spiro atoms. The van der Waals surface area contributed by atoms with E-state index in [9.17, 15) is 0 Å². The molecule has 0 amide bonds. The van der Waals surface area contributed by atoms with Gasteiger partial charge >= 0.3 is 0 Å². The molecule has 0 heterocycles. The van der Waals surface area contributed by atoms with Gasteiger partial charge in [0.1, 0.15) is 0 Å². The van der Waals surface area contributed by atoms with Crippen molar-refractivity contribution in [2.24, 2.45) is 5.92 Å². The van der Waals surface area contributed by atoms with Gasteiger partial charge in [0.05, 0.1) is 0 Å². The molecule has 2 fully saturated rings. The molecule has 3 atom stereocenters. The van der Waals surface area contributed by atoms with Gasteiger partial charge in [-0.05, 0) is 52.0 Å². The van der Waals surface area contributed by atoms with Gasteiger partial charge in [-0.15, -0.1) is 0 Å². The molecule has 3 unspecified atom stereocenters. The van der Waals surface area contributed by atoms with Crippen molar-refractivity contribution in [3.63, 3.8) is 0 Å². The summed E-state index contributed by atoms with van der Waals surface area (Å²) in [5, 5.41) is 3.83. The van der Waals surface area contributed by atoms with Crippen molar-refractivity contribution in [3.8, 4) is 0 Å². The highest BCUT2D eigenvalue weighted by atomic mass is 15.2. The Labute approximate surface area is 114 Å². The minimum absolute atomic E-state index is 0.697. The lowest BCUT2D eigenvalue weighted by Crippen LogP contribution is -2.42. The van der Waals surface area contributed by atoms with Crippen LogP contribution in [-0.4, -0.2) is 36.6 Å². The Morgan fingerprint density at radius 1 is 1.11 bits per heavy atom. The van der Waals surface area contributed by atoms with Crippen molar-refractivity contribution in [1.82, 2.24) is 10.2 Å². The highest BCUT2D eigenvalue weighted by Gasteiger charge is 2.29. The summed E-state index contributed by atoms with van der Waals surface area (Å²) in [5.41, 5.74) is 0. The molecule has 2 aliphatic rings. The third kappa shape index (κ3) is 4.24. The Balaban J connectivity index is 1.66. The Kier molecular flexibility index (Phi) is 5.50. The van der Waals surface area contributed by atoms with Crippen LogP contribution in [0.3, 0.4) is 0 Å². The summed E-state index contributed by atoms with van der Waals surface area (Å²) < 4.78 is 0. The molecule has 2 rings (SSSR count). The van der Waals surface area contributed by atoms with E-state index in [1.165, 1.54) is 57.9 Å². The van der Waals surface area contributed by atoms with Gasteiger partial charge < -0.3 is 5.32 Å². The second kappa shape index (κ2) is 6.91. The number of nitrogens with one attached hydrogen (secondary N) is 1. The van der Waals surface area contributed by atoms with Gasteiger partial charge in [-0.3, -0.25) is 4.90 Å². The SMILES string of the molecule is CCC1CCCC(NCC(C)N(C)C2CC2)CC1. The molecule has 0 bridgehead atoms. The van der Waals surface area contributed by atoms with Gasteiger partial charge in [-0.25, -0.2) is 0 Å². The second-order valence-corrected chi connectivity index (χ2v) is 6.63. The van der Waals surface area contributed by atoms with E-state index < -0.39 is 0 Å². The van der Waals surface area contributed by atoms with Gasteiger partial charge in [0.15, 0.2) is 0 Å². The lowest BCUT2D eigenvalue weighted by Gasteiger charge is -2.27. The first-order valence-corrected chi connectivity index (χ1v) is 8.16. The zero-order valence-electron chi connectivity index (χ0n) is 12.6. The Bertz CT molecular complexity index is 237. The van der Waals surface area contributed by atoms with Gasteiger partial charge in [0.2, 0.25) is 0 Å². The van der Waals surface area contributed by atoms with E-state index in [4.69, 9.17) is 0 Å². The molecule has 2 saturated carbocycles. The van der Waals surface area contributed by atoms with E-state index in [0.29, 0.717) is 6.04 Å². The molecule has 0 aliphatic heterocycles. The Morgan fingerprint density at radius 2 is 1.89 bits per heavy atom. The third-order valence-electron chi connectivity index (χ3n) is 5.19. The van der Waals surface area contributed by atoms with Crippen LogP contribution >= 0.6 is 0 Å². The number of hydrogen-bond acceptors (Lipinski definition) is 2. The highest BCUT2D eigenvalue weighted by molar-refractivity contribution is 4.86. The van der Waals surface area contributed by atoms with Crippen LogP contribution in [-0.2, 0) is 0 Å². The van der Waals surface area contributed by atoms with E-state index >= 15 is 0 Å². The maximum Gasteiger partial charge on any atom is 0.0192 e. The van der Waals surface area contributed by atoms with Gasteiger partial charge in [-0.1, -0.05) is 26.2 Å². The Morgan fingerprint density at radius 3 is 2.56 bits per heavy atom. The van der Waals surface area contributed by atoms with Crippen LogP contribution in [0.2, 0.25) is 0 Å². The summed E-state index contributed by atoms with van der Waals surface area (Å²) in [7, 11) is 2.30. The number of hydrogen-bond donors (Lipinski definition) is 1. The average molecular weight is 252 g/mol. The van der Waals surface area contributed by atoms with Crippen LogP contribution in [0.1, 0.15) is 65.2 Å². The summed E-state index contributed by atoms with van der Waals surface area (Å²) in [6.07, 6.45) is 11.4. The molecule has 2 nitrogen and oxygen atoms in total. The fraction of sp³-hybridized carbons (Fsp3) is 1.00. The zero-order chi connectivity index (χ0) is 13.0. The Hall–Kier alpha value is -0.0800. The predicted octanol–water partition coefficient (Wildman–Crippen LogP) is 3.42. The molecule has 2 heteroatoms. The van der Waals surface area contributed by atoms with Crippen LogP contribution in [0.15, 0.2) is 0 Å². The molecular formula is C16H32N2. The molecule has 0 aromatic rings. The molecule has 18 heavy (non-hydrogen) atoms. The zero-order valence-corrected chi connectivity index (χ0v) is 12.6. The molecule has 1 N–H and O–H groups in total. The lowest BCUT2D eigenvalue weighted by atomic mass is 9.98. The fourth-order valence-corrected chi connectivity index (χ4v) is 3.31. The van der Waals surface area contributed by atoms with Crippen LogP contribution in [0.5, 0.6) is 0 Å². The molecular weight excluding hydrogens is 220 g/mol. The third-order valence-corrected chi connectivity index (χ3v) is 5.19. The van der Waals surface area contributed by atoms with E-state index in [-0.39, 0.29) is 0 Å². The van der Waals surface area contributed by atoms with Crippen molar-refractivity contribution in [2.45, 2.75) is 83.3 Å². The van der Waals surface area contributed by atoms with E-state index in [2.05, 4.69) is 31.1 Å². The topological polar surface area (TPSA) is 15.3 Å². The van der Waals surface area contributed by atoms with Crippen molar-refractivity contribution in [3.05, 3.63) is 0 Å². The molecule has 0 aromatic heterocycles. The minimum Gasteiger partial charge on any atom is -0.312 e. The first kappa shape index (κ1) is 14.3. The standard InChI is InChI=1S/C16H32N2/c1-4-14-6-5-7-15(9-8-14)17-12-13(2)18(3)16-10-11-16/h13-17H,4-12H2,1-3H3. The van der Waals surface area contributed by atoms with E-state index in [1.54, 1.807) is 0 Å². The van der Waals surface area contributed by atoms with Gasteiger partial charge in [0, 0.05) is 24.7 Å². The molecule has 0 saturated heterocycles. The second-order valence-electron chi connectivity index (χ2n) is 6.63. The van der Waals surface area contributed by atoms with Gasteiger partial charge in [0.25, 0.3) is 0 Å². The summed E-state index contributed by atoms with van der Waals surface area (Å²) in [6, 6.07) is 2.37. The molecule has 0 radical (unpaired) electrons. The largest absolute Gasteiger partial charge is 0.312 e. The first-order chi connectivity index (χ1) is 8.70. The van der Waals surface area contributed by atoms with Crippen LogP contribution in [0, 0.1) is 5.92 Å². The summed E-state index contributed by atoms with van der Waals surface area (Å²) in [6.45, 7) is 5.90. The van der Waals surface area contributed by atoms with E-state index in [0.717, 1.165) is 18.0 Å². The van der Waals surface area contributed by atoms with Crippen LogP contribution < -0.4 is 5.32 Å². The van der Waals surface area contributed by atoms with Crippen molar-refractivity contribution in [2.75, 3.05) is 13.6 Å². The normalized spacial score (nSPS) is 31.3. The number of rotatable bonds is 6. The lowest BCUT2D eigenvalue weighted by molar-refractivity contribution is 0.233. The van der Waals surface area contributed by atoms with Crippen LogP contribution in [0.4, 0.5) is 0 Å². The predicted molar refractivity (Wildman–Crippen MR) is 78.9 cm³/mol. The fourth-order valence-electron chi connectivity index (χ4n) is 3.31. The molecule has 0 aromatic carbocycles. The number of nitrogens with zero attached hydrogens (tertiary/aromatic N) is 1. The van der Waals surface area contributed by atoms with Crippen molar-refractivity contribution in [1.29, 1.82) is 0 Å². The number of likely N-dealkylation sites (N-methyl/N-ethyl adjacent to an activating group) is 1. The maximum atomic E-state index is 3.83. The summed E-state index contributed by atoms with van der Waals surface area (Å²) >= 11 is 0. The maximum absolute atomic E-state index is 3.83. The monoisotopic (exact) mass is 252 g/mol. The summed E-state index contributed by atoms with van der Waals surface area (Å²) in [5.74, 6) is 1.00. The van der Waals surface area contributed by atoms with Crippen LogP contribution in [0.25, 0.3) is 0 Å². The molecule has 106 valence electrons.